The zero-order chi connectivity index (χ0) is 20.8. The normalized spacial score (nSPS) is 14.0. The molecule has 0 aliphatic carbocycles. The van der Waals surface area contributed by atoms with Gasteiger partial charge in [0.05, 0.1) is 31.9 Å². The van der Waals surface area contributed by atoms with E-state index in [1.54, 1.807) is 18.4 Å². The maximum absolute atomic E-state index is 6.01. The SMILES string of the molecule is COc1cccc(CN(Cc2cccc(N3CCOCC3)c2)c2nc(CCl)cs2)c1. The summed E-state index contributed by atoms with van der Waals surface area (Å²) in [4.78, 5) is 9.41. The van der Waals surface area contributed by atoms with Crippen LogP contribution in [0.15, 0.2) is 53.9 Å². The number of nitrogens with zero attached hydrogens (tertiary/aromatic N) is 3. The first kappa shape index (κ1) is 21.0. The van der Waals surface area contributed by atoms with Crippen molar-refractivity contribution in [3.8, 4) is 5.75 Å². The number of alkyl halides is 1. The van der Waals surface area contributed by atoms with Gasteiger partial charge in [0.2, 0.25) is 0 Å². The zero-order valence-corrected chi connectivity index (χ0v) is 18.7. The molecule has 0 bridgehead atoms. The van der Waals surface area contributed by atoms with Gasteiger partial charge < -0.3 is 19.3 Å². The molecular weight excluding hydrogens is 418 g/mol. The first-order chi connectivity index (χ1) is 14.7. The minimum atomic E-state index is 0.427. The fourth-order valence-corrected chi connectivity index (χ4v) is 4.63. The average Bonchev–Trinajstić information content (AvgIpc) is 3.29. The predicted octanol–water partition coefficient (Wildman–Crippen LogP) is 4.93. The standard InChI is InChI=1S/C23H26ClN3O2S/c1-28-22-7-3-5-19(13-22)16-27(23-25-20(14-24)17-30-23)15-18-4-2-6-21(12-18)26-8-10-29-11-9-26/h2-7,12-13,17H,8-11,14-16H2,1H3. The predicted molar refractivity (Wildman–Crippen MR) is 124 cm³/mol. The number of thiazole rings is 1. The Morgan fingerprint density at radius 2 is 1.83 bits per heavy atom. The molecule has 0 amide bonds. The molecule has 7 heteroatoms. The van der Waals surface area contributed by atoms with Crippen LogP contribution in [0.4, 0.5) is 10.8 Å². The highest BCUT2D eigenvalue weighted by molar-refractivity contribution is 7.13. The molecule has 2 heterocycles. The second-order valence-corrected chi connectivity index (χ2v) is 8.34. The number of hydrogen-bond donors (Lipinski definition) is 0. The molecule has 4 rings (SSSR count). The van der Waals surface area contributed by atoms with Crippen molar-refractivity contribution in [3.63, 3.8) is 0 Å². The number of hydrogen-bond acceptors (Lipinski definition) is 6. The maximum atomic E-state index is 6.01. The minimum absolute atomic E-state index is 0.427. The van der Waals surface area contributed by atoms with E-state index < -0.39 is 0 Å². The third kappa shape index (κ3) is 5.25. The first-order valence-electron chi connectivity index (χ1n) is 10.0. The molecule has 5 nitrogen and oxygen atoms in total. The van der Waals surface area contributed by atoms with Gasteiger partial charge in [0.25, 0.3) is 0 Å². The van der Waals surface area contributed by atoms with Crippen LogP contribution in [-0.2, 0) is 23.7 Å². The summed E-state index contributed by atoms with van der Waals surface area (Å²) >= 11 is 7.64. The van der Waals surface area contributed by atoms with Crippen molar-refractivity contribution in [2.75, 3.05) is 43.2 Å². The number of aromatic nitrogens is 1. The van der Waals surface area contributed by atoms with Crippen LogP contribution in [0.1, 0.15) is 16.8 Å². The Morgan fingerprint density at radius 1 is 1.10 bits per heavy atom. The highest BCUT2D eigenvalue weighted by Crippen LogP contribution is 2.27. The second-order valence-electron chi connectivity index (χ2n) is 7.23. The van der Waals surface area contributed by atoms with Gasteiger partial charge in [0, 0.05) is 37.2 Å². The van der Waals surface area contributed by atoms with Crippen LogP contribution in [-0.4, -0.2) is 38.4 Å². The Balaban J connectivity index is 1.57. The van der Waals surface area contributed by atoms with E-state index in [0.717, 1.165) is 56.0 Å². The van der Waals surface area contributed by atoms with Gasteiger partial charge in [-0.15, -0.1) is 22.9 Å². The Bertz CT molecular complexity index is 959. The quantitative estimate of drug-likeness (QED) is 0.461. The van der Waals surface area contributed by atoms with Crippen LogP contribution in [0.5, 0.6) is 5.75 Å². The van der Waals surface area contributed by atoms with Gasteiger partial charge in [0.1, 0.15) is 5.75 Å². The van der Waals surface area contributed by atoms with E-state index in [1.807, 2.05) is 17.5 Å². The molecule has 0 saturated carbocycles. The van der Waals surface area contributed by atoms with E-state index >= 15 is 0 Å². The van der Waals surface area contributed by atoms with Gasteiger partial charge in [-0.1, -0.05) is 24.3 Å². The number of halogens is 1. The Kier molecular flexibility index (Phi) is 7.10. The summed E-state index contributed by atoms with van der Waals surface area (Å²) in [5.41, 5.74) is 4.60. The van der Waals surface area contributed by atoms with Gasteiger partial charge >= 0.3 is 0 Å². The molecule has 158 valence electrons. The van der Waals surface area contributed by atoms with Crippen molar-refractivity contribution in [2.45, 2.75) is 19.0 Å². The molecule has 1 saturated heterocycles. The second kappa shape index (κ2) is 10.2. The highest BCUT2D eigenvalue weighted by Gasteiger charge is 2.15. The Morgan fingerprint density at radius 3 is 2.53 bits per heavy atom. The smallest absolute Gasteiger partial charge is 0.186 e. The van der Waals surface area contributed by atoms with Crippen molar-refractivity contribution in [1.29, 1.82) is 0 Å². The monoisotopic (exact) mass is 443 g/mol. The number of rotatable bonds is 8. The first-order valence-corrected chi connectivity index (χ1v) is 11.5. The number of ether oxygens (including phenoxy) is 2. The molecule has 1 aliphatic heterocycles. The van der Waals surface area contributed by atoms with Gasteiger partial charge in [-0.05, 0) is 35.4 Å². The van der Waals surface area contributed by atoms with Crippen LogP contribution < -0.4 is 14.5 Å². The molecule has 0 N–H and O–H groups in total. The fraction of sp³-hybridized carbons (Fsp3) is 0.348. The van der Waals surface area contributed by atoms with Gasteiger partial charge in [0.15, 0.2) is 5.13 Å². The van der Waals surface area contributed by atoms with Crippen molar-refractivity contribution in [1.82, 2.24) is 4.98 Å². The minimum Gasteiger partial charge on any atom is -0.497 e. The summed E-state index contributed by atoms with van der Waals surface area (Å²) in [6.45, 7) is 4.95. The molecule has 1 fully saturated rings. The lowest BCUT2D eigenvalue weighted by atomic mass is 10.1. The Hall–Kier alpha value is -2.28. The van der Waals surface area contributed by atoms with Crippen LogP contribution in [0.2, 0.25) is 0 Å². The molecular formula is C23H26ClN3O2S. The number of morpholine rings is 1. The van der Waals surface area contributed by atoms with Crippen molar-refractivity contribution in [3.05, 3.63) is 70.7 Å². The van der Waals surface area contributed by atoms with Crippen LogP contribution in [0, 0.1) is 0 Å². The molecule has 1 aromatic heterocycles. The van der Waals surface area contributed by atoms with Crippen molar-refractivity contribution < 1.29 is 9.47 Å². The maximum Gasteiger partial charge on any atom is 0.186 e. The van der Waals surface area contributed by atoms with E-state index in [4.69, 9.17) is 26.1 Å². The lowest BCUT2D eigenvalue weighted by molar-refractivity contribution is 0.122. The molecule has 0 unspecified atom stereocenters. The lowest BCUT2D eigenvalue weighted by Crippen LogP contribution is -2.36. The average molecular weight is 444 g/mol. The molecule has 1 aliphatic rings. The lowest BCUT2D eigenvalue weighted by Gasteiger charge is -2.29. The molecule has 2 aromatic carbocycles. The highest BCUT2D eigenvalue weighted by atomic mass is 35.5. The van der Waals surface area contributed by atoms with E-state index in [9.17, 15) is 0 Å². The third-order valence-corrected chi connectivity index (χ3v) is 6.34. The van der Waals surface area contributed by atoms with Crippen LogP contribution >= 0.6 is 22.9 Å². The van der Waals surface area contributed by atoms with E-state index in [1.165, 1.54) is 16.8 Å². The molecule has 30 heavy (non-hydrogen) atoms. The summed E-state index contributed by atoms with van der Waals surface area (Å²) in [7, 11) is 1.70. The summed E-state index contributed by atoms with van der Waals surface area (Å²) < 4.78 is 10.9. The van der Waals surface area contributed by atoms with Crippen LogP contribution in [0.3, 0.4) is 0 Å². The summed E-state index contributed by atoms with van der Waals surface area (Å²) in [6.07, 6.45) is 0. The van der Waals surface area contributed by atoms with Crippen LogP contribution in [0.25, 0.3) is 0 Å². The van der Waals surface area contributed by atoms with Gasteiger partial charge in [-0.25, -0.2) is 4.98 Å². The van der Waals surface area contributed by atoms with Gasteiger partial charge in [-0.2, -0.15) is 0 Å². The van der Waals surface area contributed by atoms with Crippen molar-refractivity contribution >= 4 is 33.8 Å². The topological polar surface area (TPSA) is 37.8 Å². The van der Waals surface area contributed by atoms with E-state index in [-0.39, 0.29) is 0 Å². The summed E-state index contributed by atoms with van der Waals surface area (Å²) in [5.74, 6) is 1.29. The van der Waals surface area contributed by atoms with Gasteiger partial charge in [-0.3, -0.25) is 0 Å². The molecule has 0 spiro atoms. The molecule has 0 radical (unpaired) electrons. The van der Waals surface area contributed by atoms with E-state index in [2.05, 4.69) is 46.2 Å². The molecule has 0 atom stereocenters. The summed E-state index contributed by atoms with van der Waals surface area (Å²) in [6, 6.07) is 17.0. The number of benzene rings is 2. The number of anilines is 2. The third-order valence-electron chi connectivity index (χ3n) is 5.11. The Labute approximate surface area is 186 Å². The van der Waals surface area contributed by atoms with Crippen molar-refractivity contribution in [2.24, 2.45) is 0 Å². The zero-order valence-electron chi connectivity index (χ0n) is 17.1. The molecule has 3 aromatic rings. The summed E-state index contributed by atoms with van der Waals surface area (Å²) in [5, 5.41) is 3.01. The fourth-order valence-electron chi connectivity index (χ4n) is 3.58. The largest absolute Gasteiger partial charge is 0.497 e. The van der Waals surface area contributed by atoms with E-state index in [0.29, 0.717) is 5.88 Å². The number of methoxy groups -OCH3 is 1.